The molecule has 2 rings (SSSR count). The zero-order valence-corrected chi connectivity index (χ0v) is 12.4. The Bertz CT molecular complexity index is 566. The number of hydrogen-bond acceptors (Lipinski definition) is 4. The quantitative estimate of drug-likeness (QED) is 0.878. The number of ether oxygens (including phenoxy) is 2. The van der Waals surface area contributed by atoms with Gasteiger partial charge in [-0.05, 0) is 38.2 Å². The summed E-state index contributed by atoms with van der Waals surface area (Å²) < 4.78 is 12.8. The Morgan fingerprint density at radius 2 is 2.05 bits per heavy atom. The summed E-state index contributed by atoms with van der Waals surface area (Å²) in [4.78, 5) is 0. The second-order valence-corrected chi connectivity index (χ2v) is 4.40. The summed E-state index contributed by atoms with van der Waals surface area (Å²) in [6, 6.07) is 7.83. The Balaban J connectivity index is 2.50. The molecule has 0 aliphatic rings. The largest absolute Gasteiger partial charge is 0.497 e. The molecule has 1 N–H and O–H groups in total. The van der Waals surface area contributed by atoms with Gasteiger partial charge in [-0.15, -0.1) is 0 Å². The van der Waals surface area contributed by atoms with Crippen molar-refractivity contribution in [3.63, 3.8) is 0 Å². The van der Waals surface area contributed by atoms with Gasteiger partial charge in [0.1, 0.15) is 11.5 Å². The molecule has 5 nitrogen and oxygen atoms in total. The van der Waals surface area contributed by atoms with Crippen LogP contribution < -0.4 is 14.8 Å². The van der Waals surface area contributed by atoms with Crippen molar-refractivity contribution >= 4 is 0 Å². The molecule has 20 heavy (non-hydrogen) atoms. The third-order valence-corrected chi connectivity index (χ3v) is 3.38. The normalized spacial score (nSPS) is 12.2. The zero-order chi connectivity index (χ0) is 14.5. The lowest BCUT2D eigenvalue weighted by Crippen LogP contribution is -2.22. The van der Waals surface area contributed by atoms with Crippen LogP contribution in [-0.4, -0.2) is 31.0 Å². The monoisotopic (exact) mass is 275 g/mol. The van der Waals surface area contributed by atoms with Gasteiger partial charge in [0.25, 0.3) is 0 Å². The van der Waals surface area contributed by atoms with Crippen molar-refractivity contribution in [3.8, 4) is 11.5 Å². The van der Waals surface area contributed by atoms with Crippen LogP contribution in [0.4, 0.5) is 0 Å². The summed E-state index contributed by atoms with van der Waals surface area (Å²) in [6.07, 6.45) is 1.82. The van der Waals surface area contributed by atoms with Gasteiger partial charge in [-0.3, -0.25) is 4.68 Å². The molecule has 108 valence electrons. The van der Waals surface area contributed by atoms with Crippen LogP contribution in [0.3, 0.4) is 0 Å². The summed E-state index contributed by atoms with van der Waals surface area (Å²) in [5.41, 5.74) is 2.13. The molecule has 5 heteroatoms. The number of aromatic nitrogens is 2. The van der Waals surface area contributed by atoms with Crippen LogP contribution in [0.2, 0.25) is 0 Å². The van der Waals surface area contributed by atoms with Crippen LogP contribution in [0.5, 0.6) is 11.5 Å². The fourth-order valence-corrected chi connectivity index (χ4v) is 2.38. The Hall–Kier alpha value is -2.01. The maximum absolute atomic E-state index is 5.47. The Morgan fingerprint density at radius 1 is 1.25 bits per heavy atom. The molecule has 0 aliphatic heterocycles. The van der Waals surface area contributed by atoms with E-state index in [0.29, 0.717) is 0 Å². The van der Waals surface area contributed by atoms with E-state index in [4.69, 9.17) is 9.47 Å². The predicted molar refractivity (Wildman–Crippen MR) is 78.3 cm³/mol. The lowest BCUT2D eigenvalue weighted by molar-refractivity contribution is 0.393. The van der Waals surface area contributed by atoms with E-state index >= 15 is 0 Å². The average Bonchev–Trinajstić information content (AvgIpc) is 2.96. The predicted octanol–water partition coefficient (Wildman–Crippen LogP) is 2.23. The lowest BCUT2D eigenvalue weighted by Gasteiger charge is -2.21. The van der Waals surface area contributed by atoms with Crippen molar-refractivity contribution in [3.05, 3.63) is 41.7 Å². The van der Waals surface area contributed by atoms with Crippen LogP contribution >= 0.6 is 0 Å². The lowest BCUT2D eigenvalue weighted by atomic mass is 10.0. The Morgan fingerprint density at radius 3 is 2.65 bits per heavy atom. The van der Waals surface area contributed by atoms with Gasteiger partial charge in [0.2, 0.25) is 0 Å². The van der Waals surface area contributed by atoms with E-state index in [1.54, 1.807) is 14.2 Å². The molecule has 0 amide bonds. The minimum Gasteiger partial charge on any atom is -0.497 e. The molecule has 1 heterocycles. The number of nitrogens with one attached hydrogen (secondary N) is 1. The maximum atomic E-state index is 5.47. The molecule has 2 aromatic rings. The first-order valence-corrected chi connectivity index (χ1v) is 6.66. The second-order valence-electron chi connectivity index (χ2n) is 4.40. The van der Waals surface area contributed by atoms with Crippen molar-refractivity contribution in [2.75, 3.05) is 21.3 Å². The minimum atomic E-state index is 0.00231. The summed E-state index contributed by atoms with van der Waals surface area (Å²) in [7, 11) is 5.27. The number of rotatable bonds is 6. The number of hydrogen-bond donors (Lipinski definition) is 1. The van der Waals surface area contributed by atoms with Crippen LogP contribution in [0.1, 0.15) is 24.2 Å². The zero-order valence-electron chi connectivity index (χ0n) is 12.4. The molecular formula is C15H21N3O2. The highest BCUT2D eigenvalue weighted by Gasteiger charge is 2.20. The highest BCUT2D eigenvalue weighted by molar-refractivity contribution is 5.45. The van der Waals surface area contributed by atoms with Crippen LogP contribution in [0.15, 0.2) is 30.5 Å². The fourth-order valence-electron chi connectivity index (χ4n) is 2.38. The van der Waals surface area contributed by atoms with Crippen molar-refractivity contribution in [1.82, 2.24) is 15.1 Å². The van der Waals surface area contributed by atoms with E-state index in [-0.39, 0.29) is 6.04 Å². The molecule has 0 aliphatic carbocycles. The van der Waals surface area contributed by atoms with E-state index in [1.807, 2.05) is 42.2 Å². The van der Waals surface area contributed by atoms with E-state index < -0.39 is 0 Å². The number of benzene rings is 1. The van der Waals surface area contributed by atoms with Crippen LogP contribution in [-0.2, 0) is 6.54 Å². The van der Waals surface area contributed by atoms with Gasteiger partial charge in [0, 0.05) is 18.3 Å². The van der Waals surface area contributed by atoms with Gasteiger partial charge in [-0.1, -0.05) is 0 Å². The number of aryl methyl sites for hydroxylation is 1. The molecule has 1 aromatic carbocycles. The minimum absolute atomic E-state index is 0.00231. The second kappa shape index (κ2) is 6.43. The smallest absolute Gasteiger partial charge is 0.124 e. The summed E-state index contributed by atoms with van der Waals surface area (Å²) in [5.74, 6) is 1.64. The van der Waals surface area contributed by atoms with Crippen molar-refractivity contribution in [1.29, 1.82) is 0 Å². The SMILES string of the molecule is CCn1nccc1C(NC)c1cc(OC)ccc1OC. The Kier molecular flexibility index (Phi) is 4.63. The van der Waals surface area contributed by atoms with Crippen molar-refractivity contribution < 1.29 is 9.47 Å². The van der Waals surface area contributed by atoms with E-state index in [1.165, 1.54) is 0 Å². The van der Waals surface area contributed by atoms with E-state index in [0.717, 1.165) is 29.3 Å². The molecule has 1 atom stereocenters. The fraction of sp³-hybridized carbons (Fsp3) is 0.400. The van der Waals surface area contributed by atoms with Gasteiger partial charge >= 0.3 is 0 Å². The van der Waals surface area contributed by atoms with Gasteiger partial charge in [0.15, 0.2) is 0 Å². The topological polar surface area (TPSA) is 48.3 Å². The first-order valence-electron chi connectivity index (χ1n) is 6.66. The maximum Gasteiger partial charge on any atom is 0.124 e. The molecule has 0 radical (unpaired) electrons. The molecule has 0 spiro atoms. The van der Waals surface area contributed by atoms with Crippen molar-refractivity contribution in [2.45, 2.75) is 19.5 Å². The first kappa shape index (κ1) is 14.4. The summed E-state index contributed by atoms with van der Waals surface area (Å²) >= 11 is 0. The van der Waals surface area contributed by atoms with Gasteiger partial charge in [0.05, 0.1) is 26.0 Å². The summed E-state index contributed by atoms with van der Waals surface area (Å²) in [5, 5.41) is 7.66. The highest BCUT2D eigenvalue weighted by Crippen LogP contribution is 2.32. The molecule has 0 saturated heterocycles. The van der Waals surface area contributed by atoms with E-state index in [2.05, 4.69) is 17.3 Å². The molecule has 0 bridgehead atoms. The van der Waals surface area contributed by atoms with Crippen LogP contribution in [0.25, 0.3) is 0 Å². The van der Waals surface area contributed by atoms with Gasteiger partial charge < -0.3 is 14.8 Å². The molecule has 1 unspecified atom stereocenters. The molecule has 0 fully saturated rings. The molecule has 1 aromatic heterocycles. The average molecular weight is 275 g/mol. The summed E-state index contributed by atoms with van der Waals surface area (Å²) in [6.45, 7) is 2.90. The van der Waals surface area contributed by atoms with Gasteiger partial charge in [-0.25, -0.2) is 0 Å². The van der Waals surface area contributed by atoms with E-state index in [9.17, 15) is 0 Å². The third-order valence-electron chi connectivity index (χ3n) is 3.38. The third kappa shape index (κ3) is 2.63. The highest BCUT2D eigenvalue weighted by atomic mass is 16.5. The Labute approximate surface area is 119 Å². The van der Waals surface area contributed by atoms with Crippen LogP contribution in [0, 0.1) is 0 Å². The number of nitrogens with zero attached hydrogens (tertiary/aromatic N) is 2. The number of methoxy groups -OCH3 is 2. The van der Waals surface area contributed by atoms with Crippen molar-refractivity contribution in [2.24, 2.45) is 0 Å². The first-order chi connectivity index (χ1) is 9.74. The molecular weight excluding hydrogens is 254 g/mol. The standard InChI is InChI=1S/C15H21N3O2/c1-5-18-13(8-9-17-18)15(16-2)12-10-11(19-3)6-7-14(12)20-4/h6-10,15-16H,5H2,1-4H3. The van der Waals surface area contributed by atoms with Gasteiger partial charge in [-0.2, -0.15) is 5.10 Å². The molecule has 0 saturated carbocycles.